The lowest BCUT2D eigenvalue weighted by Gasteiger charge is -2.18. The van der Waals surface area contributed by atoms with Crippen LogP contribution in [0, 0.1) is 0 Å². The van der Waals surface area contributed by atoms with E-state index in [1.54, 1.807) is 19.2 Å². The van der Waals surface area contributed by atoms with Crippen molar-refractivity contribution in [2.45, 2.75) is 6.54 Å². The Balaban J connectivity index is 1.98. The third-order valence-corrected chi connectivity index (χ3v) is 4.33. The molecular formula is C17H14BrNO4. The van der Waals surface area contributed by atoms with Crippen molar-refractivity contribution < 1.29 is 19.1 Å². The van der Waals surface area contributed by atoms with Crippen molar-refractivity contribution in [3.8, 4) is 11.5 Å². The van der Waals surface area contributed by atoms with Crippen LogP contribution in [0.3, 0.4) is 0 Å². The maximum absolute atomic E-state index is 12.3. The molecule has 5 nitrogen and oxygen atoms in total. The van der Waals surface area contributed by atoms with Gasteiger partial charge in [0.2, 0.25) is 0 Å². The number of amides is 1. The summed E-state index contributed by atoms with van der Waals surface area (Å²) in [6.45, 7) is 0.312. The number of nitrogens with zero attached hydrogens (tertiary/aromatic N) is 1. The molecule has 0 saturated carbocycles. The van der Waals surface area contributed by atoms with E-state index in [9.17, 15) is 9.59 Å². The molecule has 2 aromatic rings. The summed E-state index contributed by atoms with van der Waals surface area (Å²) < 4.78 is 10.9. The largest absolute Gasteiger partial charge is 0.497 e. The van der Waals surface area contributed by atoms with Crippen LogP contribution in [0.1, 0.15) is 15.9 Å². The minimum Gasteiger partial charge on any atom is -0.497 e. The number of anilines is 1. The highest BCUT2D eigenvalue weighted by atomic mass is 79.9. The number of ether oxygens (including phenoxy) is 2. The number of rotatable bonds is 4. The van der Waals surface area contributed by atoms with E-state index >= 15 is 0 Å². The number of carbonyl (C=O) groups is 2. The van der Waals surface area contributed by atoms with Gasteiger partial charge < -0.3 is 9.47 Å². The van der Waals surface area contributed by atoms with Crippen molar-refractivity contribution in [3.05, 3.63) is 52.0 Å². The summed E-state index contributed by atoms with van der Waals surface area (Å²) in [5.41, 5.74) is 1.84. The Kier molecular flexibility index (Phi) is 4.09. The average molecular weight is 376 g/mol. The van der Waals surface area contributed by atoms with Gasteiger partial charge in [0, 0.05) is 4.47 Å². The third-order valence-electron chi connectivity index (χ3n) is 3.73. The lowest BCUT2D eigenvalue weighted by atomic mass is 10.1. The number of carbonyl (C=O) groups excluding carboxylic acids is 2. The van der Waals surface area contributed by atoms with Crippen LogP contribution in [0.5, 0.6) is 11.5 Å². The Morgan fingerprint density at radius 1 is 1.00 bits per heavy atom. The molecule has 0 spiro atoms. The Morgan fingerprint density at radius 2 is 1.65 bits per heavy atom. The van der Waals surface area contributed by atoms with E-state index in [-0.39, 0.29) is 0 Å². The molecule has 0 atom stereocenters. The first-order valence-corrected chi connectivity index (χ1v) is 7.71. The van der Waals surface area contributed by atoms with E-state index < -0.39 is 11.7 Å². The highest BCUT2D eigenvalue weighted by Gasteiger charge is 2.37. The molecule has 0 aromatic heterocycles. The summed E-state index contributed by atoms with van der Waals surface area (Å²) in [6.07, 6.45) is 0. The molecule has 23 heavy (non-hydrogen) atoms. The molecule has 6 heteroatoms. The first kappa shape index (κ1) is 15.6. The van der Waals surface area contributed by atoms with E-state index in [2.05, 4.69) is 15.9 Å². The molecule has 0 N–H and O–H groups in total. The van der Waals surface area contributed by atoms with Crippen LogP contribution in [-0.2, 0) is 11.3 Å². The number of methoxy groups -OCH3 is 2. The molecule has 3 rings (SSSR count). The van der Waals surface area contributed by atoms with Gasteiger partial charge in [-0.05, 0) is 45.8 Å². The molecular weight excluding hydrogens is 362 g/mol. The summed E-state index contributed by atoms with van der Waals surface area (Å²) in [7, 11) is 3.11. The van der Waals surface area contributed by atoms with Crippen molar-refractivity contribution in [1.29, 1.82) is 0 Å². The van der Waals surface area contributed by atoms with Gasteiger partial charge in [0.15, 0.2) is 0 Å². The molecule has 0 saturated heterocycles. The SMILES string of the molecule is COc1ccc(CN2C(=O)C(=O)c3cc(OC)cc(Br)c32)cc1. The fraction of sp³-hybridized carbons (Fsp3) is 0.176. The average Bonchev–Trinajstić information content (AvgIpc) is 2.81. The maximum Gasteiger partial charge on any atom is 0.299 e. The summed E-state index contributed by atoms with van der Waals surface area (Å²) in [4.78, 5) is 26.0. The molecule has 1 aliphatic heterocycles. The lowest BCUT2D eigenvalue weighted by Crippen LogP contribution is -2.29. The van der Waals surface area contributed by atoms with Crippen LogP contribution >= 0.6 is 15.9 Å². The monoisotopic (exact) mass is 375 g/mol. The lowest BCUT2D eigenvalue weighted by molar-refractivity contribution is -0.114. The molecule has 0 aliphatic carbocycles. The molecule has 0 fully saturated rings. The van der Waals surface area contributed by atoms with E-state index in [0.717, 1.165) is 11.3 Å². The van der Waals surface area contributed by atoms with E-state index in [1.165, 1.54) is 12.0 Å². The first-order valence-electron chi connectivity index (χ1n) is 6.92. The quantitative estimate of drug-likeness (QED) is 0.770. The normalized spacial score (nSPS) is 13.3. The van der Waals surface area contributed by atoms with Crippen LogP contribution in [-0.4, -0.2) is 25.9 Å². The van der Waals surface area contributed by atoms with Gasteiger partial charge in [-0.3, -0.25) is 14.5 Å². The molecule has 1 amide bonds. The standard InChI is InChI=1S/C17H14BrNO4/c1-22-11-5-3-10(4-6-11)9-19-15-13(16(20)17(19)21)7-12(23-2)8-14(15)18/h3-8H,9H2,1-2H3. The van der Waals surface area contributed by atoms with Crippen LogP contribution in [0.2, 0.25) is 0 Å². The van der Waals surface area contributed by atoms with Crippen molar-refractivity contribution in [2.75, 3.05) is 19.1 Å². The van der Waals surface area contributed by atoms with Gasteiger partial charge in [0.05, 0.1) is 32.0 Å². The fourth-order valence-corrected chi connectivity index (χ4v) is 3.20. The smallest absolute Gasteiger partial charge is 0.299 e. The molecule has 1 heterocycles. The van der Waals surface area contributed by atoms with Crippen LogP contribution in [0.4, 0.5) is 5.69 Å². The summed E-state index contributed by atoms with van der Waals surface area (Å²) >= 11 is 3.42. The van der Waals surface area contributed by atoms with Crippen molar-refractivity contribution in [2.24, 2.45) is 0 Å². The maximum atomic E-state index is 12.3. The van der Waals surface area contributed by atoms with Gasteiger partial charge in [-0.25, -0.2) is 0 Å². The second-order valence-corrected chi connectivity index (χ2v) is 5.93. The van der Waals surface area contributed by atoms with Gasteiger partial charge in [-0.1, -0.05) is 12.1 Å². The first-order chi connectivity index (χ1) is 11.0. The summed E-state index contributed by atoms with van der Waals surface area (Å²) in [5.74, 6) is 0.213. The van der Waals surface area contributed by atoms with Gasteiger partial charge in [0.1, 0.15) is 11.5 Å². The minimum atomic E-state index is -0.537. The van der Waals surface area contributed by atoms with Crippen LogP contribution < -0.4 is 14.4 Å². The predicted molar refractivity (Wildman–Crippen MR) is 89.2 cm³/mol. The number of ketones is 1. The van der Waals surface area contributed by atoms with Crippen LogP contribution in [0.25, 0.3) is 0 Å². The predicted octanol–water partition coefficient (Wildman–Crippen LogP) is 3.20. The minimum absolute atomic E-state index is 0.312. The van der Waals surface area contributed by atoms with Gasteiger partial charge in [-0.15, -0.1) is 0 Å². The zero-order valence-electron chi connectivity index (χ0n) is 12.6. The topological polar surface area (TPSA) is 55.8 Å². The molecule has 1 aliphatic rings. The number of hydrogen-bond acceptors (Lipinski definition) is 4. The molecule has 118 valence electrons. The number of halogens is 1. The van der Waals surface area contributed by atoms with Crippen LogP contribution in [0.15, 0.2) is 40.9 Å². The number of Topliss-reactive ketones (excluding diaryl/α,β-unsaturated/α-hetero) is 1. The zero-order valence-corrected chi connectivity index (χ0v) is 14.2. The Bertz CT molecular complexity index is 786. The Labute approximate surface area is 141 Å². The Morgan fingerprint density at radius 3 is 2.26 bits per heavy atom. The molecule has 0 bridgehead atoms. The molecule has 2 aromatic carbocycles. The van der Waals surface area contributed by atoms with Gasteiger partial charge >= 0.3 is 0 Å². The van der Waals surface area contributed by atoms with Gasteiger partial charge in [0.25, 0.3) is 11.7 Å². The second kappa shape index (κ2) is 6.04. The number of hydrogen-bond donors (Lipinski definition) is 0. The highest BCUT2D eigenvalue weighted by Crippen LogP contribution is 2.40. The third kappa shape index (κ3) is 2.70. The summed E-state index contributed by atoms with van der Waals surface area (Å²) in [6, 6.07) is 10.7. The second-order valence-electron chi connectivity index (χ2n) is 5.07. The Hall–Kier alpha value is -2.34. The number of benzene rings is 2. The van der Waals surface area contributed by atoms with E-state index in [4.69, 9.17) is 9.47 Å². The van der Waals surface area contributed by atoms with Crippen molar-refractivity contribution in [1.82, 2.24) is 0 Å². The zero-order chi connectivity index (χ0) is 16.6. The van der Waals surface area contributed by atoms with E-state index in [0.29, 0.717) is 28.0 Å². The fourth-order valence-electron chi connectivity index (χ4n) is 2.54. The van der Waals surface area contributed by atoms with Gasteiger partial charge in [-0.2, -0.15) is 0 Å². The summed E-state index contributed by atoms with van der Waals surface area (Å²) in [5, 5.41) is 0. The highest BCUT2D eigenvalue weighted by molar-refractivity contribution is 9.10. The molecule has 0 unspecified atom stereocenters. The molecule has 0 radical (unpaired) electrons. The number of fused-ring (bicyclic) bond motifs is 1. The van der Waals surface area contributed by atoms with E-state index in [1.807, 2.05) is 24.3 Å². The van der Waals surface area contributed by atoms with Crippen molar-refractivity contribution in [3.63, 3.8) is 0 Å². The van der Waals surface area contributed by atoms with Crippen molar-refractivity contribution >= 4 is 33.3 Å².